The smallest absolute Gasteiger partial charge is 0.0586 e. The summed E-state index contributed by atoms with van der Waals surface area (Å²) in [7, 11) is 2.02. The fraction of sp³-hybridized carbons (Fsp3) is 0.667. The van der Waals surface area contributed by atoms with Crippen molar-refractivity contribution in [2.24, 2.45) is 0 Å². The molecule has 0 radical (unpaired) electrons. The summed E-state index contributed by atoms with van der Waals surface area (Å²) in [4.78, 5) is 2.51. The SMILES string of the molecule is CNCC(C)(CN1CCCCCC1CO)c1ccccc1. The van der Waals surface area contributed by atoms with E-state index in [0.29, 0.717) is 6.04 Å². The number of rotatable bonds is 6. The molecule has 1 saturated heterocycles. The van der Waals surface area contributed by atoms with Gasteiger partial charge in [0.2, 0.25) is 0 Å². The Balaban J connectivity index is 2.17. The first-order chi connectivity index (χ1) is 10.2. The first-order valence-electron chi connectivity index (χ1n) is 8.24. The summed E-state index contributed by atoms with van der Waals surface area (Å²) in [6.45, 7) is 5.68. The highest BCUT2D eigenvalue weighted by atomic mass is 16.3. The number of likely N-dealkylation sites (tertiary alicyclic amines) is 1. The lowest BCUT2D eigenvalue weighted by Crippen LogP contribution is -2.49. The molecule has 118 valence electrons. The average Bonchev–Trinajstić information content (AvgIpc) is 2.73. The van der Waals surface area contributed by atoms with Crippen molar-refractivity contribution in [2.45, 2.75) is 44.1 Å². The normalized spacial score (nSPS) is 23.5. The van der Waals surface area contributed by atoms with Crippen molar-refractivity contribution in [3.8, 4) is 0 Å². The van der Waals surface area contributed by atoms with E-state index in [9.17, 15) is 5.11 Å². The molecule has 1 heterocycles. The molecule has 2 unspecified atom stereocenters. The third-order valence-electron chi connectivity index (χ3n) is 4.80. The van der Waals surface area contributed by atoms with E-state index >= 15 is 0 Å². The molecule has 1 fully saturated rings. The quantitative estimate of drug-likeness (QED) is 0.844. The Morgan fingerprint density at radius 3 is 2.67 bits per heavy atom. The van der Waals surface area contributed by atoms with Crippen LogP contribution in [0.5, 0.6) is 0 Å². The van der Waals surface area contributed by atoms with E-state index in [1.165, 1.54) is 24.8 Å². The zero-order valence-corrected chi connectivity index (χ0v) is 13.5. The first-order valence-corrected chi connectivity index (χ1v) is 8.24. The molecule has 0 aliphatic carbocycles. The number of aliphatic hydroxyl groups excluding tert-OH is 1. The van der Waals surface area contributed by atoms with Crippen molar-refractivity contribution >= 4 is 0 Å². The Labute approximate surface area is 129 Å². The van der Waals surface area contributed by atoms with Crippen LogP contribution in [0.2, 0.25) is 0 Å². The van der Waals surface area contributed by atoms with Crippen LogP contribution in [-0.2, 0) is 5.41 Å². The van der Waals surface area contributed by atoms with Gasteiger partial charge in [-0.25, -0.2) is 0 Å². The second-order valence-corrected chi connectivity index (χ2v) is 6.61. The Kier molecular flexibility index (Phi) is 6.22. The van der Waals surface area contributed by atoms with Gasteiger partial charge in [0.05, 0.1) is 6.61 Å². The Morgan fingerprint density at radius 2 is 2.00 bits per heavy atom. The molecule has 2 N–H and O–H groups in total. The van der Waals surface area contributed by atoms with Gasteiger partial charge in [0.1, 0.15) is 0 Å². The molecule has 1 aliphatic heterocycles. The molecule has 2 rings (SSSR count). The van der Waals surface area contributed by atoms with Crippen LogP contribution in [-0.4, -0.2) is 49.3 Å². The topological polar surface area (TPSA) is 35.5 Å². The van der Waals surface area contributed by atoms with Gasteiger partial charge in [-0.2, -0.15) is 0 Å². The van der Waals surface area contributed by atoms with Crippen LogP contribution in [0, 0.1) is 0 Å². The molecule has 0 bridgehead atoms. The summed E-state index contributed by atoms with van der Waals surface area (Å²) in [5.74, 6) is 0. The zero-order chi connectivity index (χ0) is 15.1. The summed E-state index contributed by atoms with van der Waals surface area (Å²) >= 11 is 0. The summed E-state index contributed by atoms with van der Waals surface area (Å²) in [6.07, 6.45) is 4.92. The molecule has 3 heteroatoms. The van der Waals surface area contributed by atoms with Crippen molar-refractivity contribution < 1.29 is 5.11 Å². The van der Waals surface area contributed by atoms with E-state index in [1.54, 1.807) is 0 Å². The van der Waals surface area contributed by atoms with E-state index < -0.39 is 0 Å². The van der Waals surface area contributed by atoms with Crippen LogP contribution in [0.25, 0.3) is 0 Å². The average molecular weight is 290 g/mol. The van der Waals surface area contributed by atoms with Crippen LogP contribution < -0.4 is 5.32 Å². The Bertz CT molecular complexity index is 409. The van der Waals surface area contributed by atoms with Gasteiger partial charge in [-0.1, -0.05) is 50.1 Å². The van der Waals surface area contributed by atoms with Gasteiger partial charge < -0.3 is 10.4 Å². The second-order valence-electron chi connectivity index (χ2n) is 6.61. The molecule has 0 spiro atoms. The van der Waals surface area contributed by atoms with Crippen LogP contribution in [0.4, 0.5) is 0 Å². The van der Waals surface area contributed by atoms with Crippen LogP contribution in [0.3, 0.4) is 0 Å². The predicted molar refractivity (Wildman–Crippen MR) is 88.6 cm³/mol. The minimum Gasteiger partial charge on any atom is -0.395 e. The van der Waals surface area contributed by atoms with Gasteiger partial charge in [-0.05, 0) is 32.0 Å². The van der Waals surface area contributed by atoms with Crippen LogP contribution >= 0.6 is 0 Å². The lowest BCUT2D eigenvalue weighted by Gasteiger charge is -2.39. The molecular weight excluding hydrogens is 260 g/mol. The van der Waals surface area contributed by atoms with Gasteiger partial charge in [-0.3, -0.25) is 4.90 Å². The largest absolute Gasteiger partial charge is 0.395 e. The van der Waals surface area contributed by atoms with Gasteiger partial charge in [-0.15, -0.1) is 0 Å². The Morgan fingerprint density at radius 1 is 1.24 bits per heavy atom. The minimum absolute atomic E-state index is 0.0772. The molecule has 0 amide bonds. The maximum Gasteiger partial charge on any atom is 0.0586 e. The van der Waals surface area contributed by atoms with Crippen molar-refractivity contribution in [3.05, 3.63) is 35.9 Å². The first kappa shape index (κ1) is 16.5. The number of nitrogens with zero attached hydrogens (tertiary/aromatic N) is 1. The maximum atomic E-state index is 9.73. The monoisotopic (exact) mass is 290 g/mol. The number of aliphatic hydroxyl groups is 1. The van der Waals surface area contributed by atoms with Crippen molar-refractivity contribution in [1.82, 2.24) is 10.2 Å². The second kappa shape index (κ2) is 7.92. The van der Waals surface area contributed by atoms with E-state index in [4.69, 9.17) is 0 Å². The molecule has 21 heavy (non-hydrogen) atoms. The zero-order valence-electron chi connectivity index (χ0n) is 13.5. The number of hydrogen-bond donors (Lipinski definition) is 2. The predicted octanol–water partition coefficient (Wildman–Crippen LogP) is 2.40. The van der Waals surface area contributed by atoms with Crippen molar-refractivity contribution in [3.63, 3.8) is 0 Å². The summed E-state index contributed by atoms with van der Waals surface area (Å²) in [6, 6.07) is 11.1. The van der Waals surface area contributed by atoms with E-state index in [0.717, 1.165) is 26.1 Å². The van der Waals surface area contributed by atoms with Crippen molar-refractivity contribution in [1.29, 1.82) is 0 Å². The molecule has 3 nitrogen and oxygen atoms in total. The highest BCUT2D eigenvalue weighted by molar-refractivity contribution is 5.25. The molecular formula is C18H30N2O. The fourth-order valence-corrected chi connectivity index (χ4v) is 3.58. The summed E-state index contributed by atoms with van der Waals surface area (Å²) in [5.41, 5.74) is 1.45. The van der Waals surface area contributed by atoms with Crippen molar-refractivity contribution in [2.75, 3.05) is 33.3 Å². The van der Waals surface area contributed by atoms with Gasteiger partial charge in [0.25, 0.3) is 0 Å². The van der Waals surface area contributed by atoms with E-state index in [-0.39, 0.29) is 12.0 Å². The standard InChI is InChI=1S/C18H30N2O/c1-18(14-19-2,16-9-5-3-6-10-16)15-20-12-8-4-7-11-17(20)13-21/h3,5-6,9-10,17,19,21H,4,7-8,11-15H2,1-2H3. The number of likely N-dealkylation sites (N-methyl/N-ethyl adjacent to an activating group) is 1. The van der Waals surface area contributed by atoms with Crippen LogP contribution in [0.1, 0.15) is 38.2 Å². The van der Waals surface area contributed by atoms with Gasteiger partial charge in [0.15, 0.2) is 0 Å². The molecule has 1 aromatic rings. The highest BCUT2D eigenvalue weighted by Crippen LogP contribution is 2.27. The number of benzene rings is 1. The maximum absolute atomic E-state index is 9.73. The van der Waals surface area contributed by atoms with Crippen LogP contribution in [0.15, 0.2) is 30.3 Å². The summed E-state index contributed by atoms with van der Waals surface area (Å²) in [5, 5.41) is 13.1. The molecule has 1 aromatic carbocycles. The summed E-state index contributed by atoms with van der Waals surface area (Å²) < 4.78 is 0. The third-order valence-corrected chi connectivity index (χ3v) is 4.80. The Hall–Kier alpha value is -0.900. The number of hydrogen-bond acceptors (Lipinski definition) is 3. The molecule has 2 atom stereocenters. The van der Waals surface area contributed by atoms with Gasteiger partial charge in [0, 0.05) is 24.5 Å². The lowest BCUT2D eigenvalue weighted by molar-refractivity contribution is 0.102. The highest BCUT2D eigenvalue weighted by Gasteiger charge is 2.31. The minimum atomic E-state index is 0.0772. The third kappa shape index (κ3) is 4.29. The molecule has 1 aliphatic rings. The molecule has 0 aromatic heterocycles. The number of nitrogens with one attached hydrogen (secondary N) is 1. The van der Waals surface area contributed by atoms with E-state index in [1.807, 2.05) is 7.05 Å². The molecule has 0 saturated carbocycles. The van der Waals surface area contributed by atoms with E-state index in [2.05, 4.69) is 47.5 Å². The van der Waals surface area contributed by atoms with Gasteiger partial charge >= 0.3 is 0 Å². The fourth-order valence-electron chi connectivity index (χ4n) is 3.58. The lowest BCUT2D eigenvalue weighted by atomic mass is 9.81.